The lowest BCUT2D eigenvalue weighted by Gasteiger charge is -2.20. The molecule has 1 rings (SSSR count). The van der Waals surface area contributed by atoms with Crippen LogP contribution in [0.25, 0.3) is 0 Å². The topological polar surface area (TPSA) is 101 Å². The van der Waals surface area contributed by atoms with Crippen molar-refractivity contribution in [1.29, 1.82) is 0 Å². The lowest BCUT2D eigenvalue weighted by Crippen LogP contribution is -2.45. The summed E-state index contributed by atoms with van der Waals surface area (Å²) in [4.78, 5) is 11.8. The molecule has 0 radical (unpaired) electrons. The molecule has 0 saturated carbocycles. The van der Waals surface area contributed by atoms with Gasteiger partial charge in [0.15, 0.2) is 0 Å². The molecule has 0 atom stereocenters. The van der Waals surface area contributed by atoms with Crippen molar-refractivity contribution in [2.75, 3.05) is 6.54 Å². The van der Waals surface area contributed by atoms with E-state index >= 15 is 0 Å². The Morgan fingerprint density at radius 1 is 1.29 bits per heavy atom. The molecule has 118 valence electrons. The number of nitrogens with two attached hydrogens (primary N) is 1. The zero-order chi connectivity index (χ0) is 16.3. The van der Waals surface area contributed by atoms with Crippen LogP contribution in [-0.4, -0.2) is 26.4 Å². The molecule has 6 nitrogen and oxygen atoms in total. The molecule has 0 spiro atoms. The first-order valence-electron chi connectivity index (χ1n) is 6.65. The molecule has 0 aromatic heterocycles. The van der Waals surface area contributed by atoms with E-state index in [1.54, 1.807) is 19.1 Å². The molecule has 0 fully saturated rings. The molecule has 0 aliphatic heterocycles. The second-order valence-corrected chi connectivity index (χ2v) is 7.66. The highest BCUT2D eigenvalue weighted by Crippen LogP contribution is 2.16. The second kappa shape index (κ2) is 6.55. The Morgan fingerprint density at radius 3 is 2.43 bits per heavy atom. The van der Waals surface area contributed by atoms with Crippen LogP contribution in [0, 0.1) is 6.92 Å². The van der Waals surface area contributed by atoms with Gasteiger partial charge in [-0.15, -0.1) is 0 Å². The molecule has 7 heteroatoms. The monoisotopic (exact) mass is 313 g/mol. The van der Waals surface area contributed by atoms with Crippen LogP contribution in [0.1, 0.15) is 31.9 Å². The molecule has 1 aromatic carbocycles. The third-order valence-electron chi connectivity index (χ3n) is 2.71. The number of hydrogen-bond acceptors (Lipinski definition) is 4. The van der Waals surface area contributed by atoms with Crippen molar-refractivity contribution < 1.29 is 13.2 Å². The highest BCUT2D eigenvalue weighted by molar-refractivity contribution is 7.89. The molecule has 1 amide bonds. The maximum absolute atomic E-state index is 12.3. The Hall–Kier alpha value is -1.44. The lowest BCUT2D eigenvalue weighted by molar-refractivity contribution is -0.121. The summed E-state index contributed by atoms with van der Waals surface area (Å²) in [6.07, 6.45) is 0. The van der Waals surface area contributed by atoms with Gasteiger partial charge in [0.1, 0.15) is 0 Å². The van der Waals surface area contributed by atoms with Crippen molar-refractivity contribution in [1.82, 2.24) is 10.0 Å². The molecular weight excluding hydrogens is 290 g/mol. The molecule has 1 aromatic rings. The van der Waals surface area contributed by atoms with E-state index in [9.17, 15) is 13.2 Å². The first kappa shape index (κ1) is 17.6. The number of aryl methyl sites for hydroxylation is 1. The number of carbonyl (C=O) groups excluding carboxylic acids is 1. The van der Waals surface area contributed by atoms with E-state index in [1.807, 2.05) is 20.8 Å². The molecule has 0 saturated heterocycles. The van der Waals surface area contributed by atoms with Gasteiger partial charge >= 0.3 is 0 Å². The van der Waals surface area contributed by atoms with Crippen molar-refractivity contribution >= 4 is 15.9 Å². The summed E-state index contributed by atoms with van der Waals surface area (Å²) >= 11 is 0. The summed E-state index contributed by atoms with van der Waals surface area (Å²) < 4.78 is 26.8. The Morgan fingerprint density at radius 2 is 1.90 bits per heavy atom. The summed E-state index contributed by atoms with van der Waals surface area (Å²) in [5.41, 5.74) is 6.45. The smallest absolute Gasteiger partial charge is 0.241 e. The average Bonchev–Trinajstić information content (AvgIpc) is 2.35. The van der Waals surface area contributed by atoms with Gasteiger partial charge < -0.3 is 11.1 Å². The van der Waals surface area contributed by atoms with Gasteiger partial charge in [0, 0.05) is 12.1 Å². The van der Waals surface area contributed by atoms with Crippen LogP contribution >= 0.6 is 0 Å². The zero-order valence-electron chi connectivity index (χ0n) is 12.9. The Kier molecular flexibility index (Phi) is 5.49. The maximum atomic E-state index is 12.3. The van der Waals surface area contributed by atoms with E-state index < -0.39 is 15.6 Å². The van der Waals surface area contributed by atoms with Crippen LogP contribution in [0.15, 0.2) is 23.1 Å². The predicted molar refractivity (Wildman–Crippen MR) is 82.2 cm³/mol. The van der Waals surface area contributed by atoms with E-state index in [0.717, 1.165) is 5.56 Å². The van der Waals surface area contributed by atoms with E-state index in [1.165, 1.54) is 6.07 Å². The first-order valence-corrected chi connectivity index (χ1v) is 8.14. The number of hydrogen-bond donors (Lipinski definition) is 3. The van der Waals surface area contributed by atoms with E-state index in [-0.39, 0.29) is 23.9 Å². The predicted octanol–water partition coefficient (Wildman–Crippen LogP) is 0.647. The number of benzene rings is 1. The zero-order valence-corrected chi connectivity index (χ0v) is 13.7. The SMILES string of the molecule is Cc1ccc(CN)cc1S(=O)(=O)NCC(=O)NC(C)(C)C. The minimum absolute atomic E-state index is 0.147. The van der Waals surface area contributed by atoms with E-state index in [2.05, 4.69) is 10.0 Å². The minimum Gasteiger partial charge on any atom is -0.350 e. The maximum Gasteiger partial charge on any atom is 0.241 e. The average molecular weight is 313 g/mol. The molecule has 0 bridgehead atoms. The molecule has 4 N–H and O–H groups in total. The Labute approximate surface area is 126 Å². The summed E-state index contributed by atoms with van der Waals surface area (Å²) in [5.74, 6) is -0.376. The third kappa shape index (κ3) is 5.45. The number of carbonyl (C=O) groups is 1. The van der Waals surface area contributed by atoms with Crippen LogP contribution < -0.4 is 15.8 Å². The van der Waals surface area contributed by atoms with Gasteiger partial charge in [-0.1, -0.05) is 12.1 Å². The fraction of sp³-hybridized carbons (Fsp3) is 0.500. The van der Waals surface area contributed by atoms with Crippen molar-refractivity contribution in [3.8, 4) is 0 Å². The summed E-state index contributed by atoms with van der Waals surface area (Å²) in [6, 6.07) is 5.01. The summed E-state index contributed by atoms with van der Waals surface area (Å²) in [5, 5.41) is 2.69. The fourth-order valence-electron chi connectivity index (χ4n) is 1.76. The number of sulfonamides is 1. The standard InChI is InChI=1S/C14H23N3O3S/c1-10-5-6-11(8-15)7-12(10)21(19,20)16-9-13(18)17-14(2,3)4/h5-7,16H,8-9,15H2,1-4H3,(H,17,18). The molecule has 0 aliphatic rings. The van der Waals surface area contributed by atoms with Crippen LogP contribution in [0.3, 0.4) is 0 Å². The summed E-state index contributed by atoms with van der Waals surface area (Å²) in [7, 11) is -3.74. The van der Waals surface area contributed by atoms with Gasteiger partial charge in [-0.2, -0.15) is 0 Å². The van der Waals surface area contributed by atoms with Crippen LogP contribution in [0.2, 0.25) is 0 Å². The van der Waals surface area contributed by atoms with Crippen LogP contribution in [0.4, 0.5) is 0 Å². The first-order chi connectivity index (χ1) is 9.55. The number of nitrogens with one attached hydrogen (secondary N) is 2. The number of amides is 1. The number of rotatable bonds is 5. The van der Waals surface area contributed by atoms with Gasteiger partial charge in [-0.25, -0.2) is 13.1 Å². The van der Waals surface area contributed by atoms with Gasteiger partial charge in [-0.3, -0.25) is 4.79 Å². The Balaban J connectivity index is 2.85. The van der Waals surface area contributed by atoms with Crippen molar-refractivity contribution in [2.45, 2.75) is 44.7 Å². The molecular formula is C14H23N3O3S. The van der Waals surface area contributed by atoms with Crippen LogP contribution in [0.5, 0.6) is 0 Å². The Bertz CT molecular complexity index is 619. The van der Waals surface area contributed by atoms with Gasteiger partial charge in [0.25, 0.3) is 0 Å². The molecule has 0 unspecified atom stereocenters. The van der Waals surface area contributed by atoms with E-state index in [0.29, 0.717) is 5.56 Å². The van der Waals surface area contributed by atoms with Gasteiger partial charge in [0.05, 0.1) is 11.4 Å². The van der Waals surface area contributed by atoms with E-state index in [4.69, 9.17) is 5.73 Å². The molecule has 21 heavy (non-hydrogen) atoms. The van der Waals surface area contributed by atoms with Crippen molar-refractivity contribution in [2.24, 2.45) is 5.73 Å². The minimum atomic E-state index is -3.74. The van der Waals surface area contributed by atoms with Gasteiger partial charge in [0.2, 0.25) is 15.9 Å². The second-order valence-electron chi connectivity index (χ2n) is 5.93. The highest BCUT2D eigenvalue weighted by Gasteiger charge is 2.20. The fourth-order valence-corrected chi connectivity index (χ4v) is 3.04. The lowest BCUT2D eigenvalue weighted by atomic mass is 10.1. The molecule has 0 heterocycles. The quantitative estimate of drug-likeness (QED) is 0.742. The largest absolute Gasteiger partial charge is 0.350 e. The van der Waals surface area contributed by atoms with Crippen molar-refractivity contribution in [3.63, 3.8) is 0 Å². The van der Waals surface area contributed by atoms with Crippen molar-refractivity contribution in [3.05, 3.63) is 29.3 Å². The highest BCUT2D eigenvalue weighted by atomic mass is 32.2. The summed E-state index contributed by atoms with van der Waals surface area (Å²) in [6.45, 7) is 7.14. The van der Waals surface area contributed by atoms with Gasteiger partial charge in [-0.05, 0) is 44.9 Å². The normalized spacial score (nSPS) is 12.2. The third-order valence-corrected chi connectivity index (χ3v) is 4.26. The van der Waals surface area contributed by atoms with Crippen LogP contribution in [-0.2, 0) is 21.4 Å². The molecule has 0 aliphatic carbocycles.